The van der Waals surface area contributed by atoms with E-state index in [1.54, 1.807) is 0 Å². The van der Waals surface area contributed by atoms with Crippen LogP contribution in [0, 0.1) is 0 Å². The number of rotatable bonds is 4. The van der Waals surface area contributed by atoms with Crippen LogP contribution in [0.4, 0.5) is 0 Å². The number of piperazine rings is 1. The average Bonchev–Trinajstić information content (AvgIpc) is 2.28. The first-order valence-electron chi connectivity index (χ1n) is 5.71. The first kappa shape index (κ1) is 12.9. The van der Waals surface area contributed by atoms with Crippen molar-refractivity contribution in [3.8, 4) is 0 Å². The van der Waals surface area contributed by atoms with Crippen molar-refractivity contribution in [2.45, 2.75) is 31.5 Å². The van der Waals surface area contributed by atoms with Gasteiger partial charge in [0.25, 0.3) is 0 Å². The second kappa shape index (κ2) is 5.23. The zero-order valence-electron chi connectivity index (χ0n) is 9.87. The van der Waals surface area contributed by atoms with Gasteiger partial charge >= 0.3 is 0 Å². The highest BCUT2D eigenvalue weighted by Crippen LogP contribution is 2.16. The maximum Gasteiger partial charge on any atom is 0.0583 e. The van der Waals surface area contributed by atoms with E-state index in [2.05, 4.69) is 17.1 Å². The highest BCUT2D eigenvalue weighted by molar-refractivity contribution is 5.02. The summed E-state index contributed by atoms with van der Waals surface area (Å²) in [4.78, 5) is 2.37. The Balaban J connectivity index is 2.66. The molecule has 1 saturated heterocycles. The van der Waals surface area contributed by atoms with Crippen molar-refractivity contribution < 1.29 is 0 Å². The number of nitrogens with two attached hydrogens (primary N) is 3. The lowest BCUT2D eigenvalue weighted by Crippen LogP contribution is -2.70. The van der Waals surface area contributed by atoms with E-state index in [4.69, 9.17) is 17.2 Å². The van der Waals surface area contributed by atoms with Crippen molar-refractivity contribution in [3.05, 3.63) is 0 Å². The third-order valence-corrected chi connectivity index (χ3v) is 3.68. The predicted octanol–water partition coefficient (Wildman–Crippen LogP) is -1.72. The van der Waals surface area contributed by atoms with Crippen LogP contribution in [-0.4, -0.2) is 55.2 Å². The lowest BCUT2D eigenvalue weighted by molar-refractivity contribution is 0.108. The lowest BCUT2D eigenvalue weighted by atomic mass is 9.84. The van der Waals surface area contributed by atoms with Crippen LogP contribution in [0.1, 0.15) is 13.8 Å². The van der Waals surface area contributed by atoms with Gasteiger partial charge in [-0.25, -0.2) is 0 Å². The molecule has 0 spiro atoms. The maximum absolute atomic E-state index is 6.30. The van der Waals surface area contributed by atoms with Crippen LogP contribution in [-0.2, 0) is 0 Å². The quantitative estimate of drug-likeness (QED) is 0.448. The van der Waals surface area contributed by atoms with Crippen molar-refractivity contribution in [2.24, 2.45) is 17.2 Å². The van der Waals surface area contributed by atoms with Crippen molar-refractivity contribution in [2.75, 3.05) is 32.7 Å². The van der Waals surface area contributed by atoms with Gasteiger partial charge in [-0.15, -0.1) is 0 Å². The molecule has 0 saturated carbocycles. The Morgan fingerprint density at radius 1 is 1.33 bits per heavy atom. The topological polar surface area (TPSA) is 93.3 Å². The highest BCUT2D eigenvalue weighted by atomic mass is 15.2. The van der Waals surface area contributed by atoms with Crippen LogP contribution in [0.5, 0.6) is 0 Å². The lowest BCUT2D eigenvalue weighted by Gasteiger charge is -2.45. The third-order valence-electron chi connectivity index (χ3n) is 3.68. The molecule has 1 fully saturated rings. The maximum atomic E-state index is 6.30. The Kier molecular flexibility index (Phi) is 4.48. The Morgan fingerprint density at radius 2 is 1.87 bits per heavy atom. The van der Waals surface area contributed by atoms with E-state index in [-0.39, 0.29) is 12.1 Å². The first-order valence-corrected chi connectivity index (χ1v) is 5.71. The number of nitrogens with one attached hydrogen (secondary N) is 1. The second-order valence-corrected chi connectivity index (χ2v) is 4.57. The molecule has 15 heavy (non-hydrogen) atoms. The van der Waals surface area contributed by atoms with E-state index in [0.29, 0.717) is 6.54 Å². The molecule has 0 aliphatic carbocycles. The van der Waals surface area contributed by atoms with Gasteiger partial charge < -0.3 is 22.5 Å². The zero-order chi connectivity index (χ0) is 11.5. The van der Waals surface area contributed by atoms with Crippen molar-refractivity contribution in [3.63, 3.8) is 0 Å². The fourth-order valence-corrected chi connectivity index (χ4v) is 2.15. The van der Waals surface area contributed by atoms with Gasteiger partial charge in [-0.2, -0.15) is 0 Å². The molecule has 1 rings (SSSR count). The SMILES string of the molecule is CC(N)C(N)(CN)C(C)N1CCNCC1. The fourth-order valence-electron chi connectivity index (χ4n) is 2.15. The van der Waals surface area contributed by atoms with Gasteiger partial charge in [-0.1, -0.05) is 0 Å². The Bertz CT molecular complexity index is 190. The van der Waals surface area contributed by atoms with Crippen LogP contribution in [0.25, 0.3) is 0 Å². The molecule has 7 N–H and O–H groups in total. The molecule has 90 valence electrons. The standard InChI is InChI=1S/C10H25N5/c1-8(12)10(13,7-11)9(2)15-5-3-14-4-6-15/h8-9,14H,3-7,11-13H2,1-2H3. The van der Waals surface area contributed by atoms with Gasteiger partial charge in [0.15, 0.2) is 0 Å². The molecular formula is C10H25N5. The third kappa shape index (κ3) is 2.68. The van der Waals surface area contributed by atoms with E-state index >= 15 is 0 Å². The number of hydrogen-bond donors (Lipinski definition) is 4. The Hall–Kier alpha value is -0.200. The van der Waals surface area contributed by atoms with Crippen molar-refractivity contribution >= 4 is 0 Å². The van der Waals surface area contributed by atoms with Crippen molar-refractivity contribution in [1.82, 2.24) is 10.2 Å². The molecule has 0 radical (unpaired) electrons. The minimum absolute atomic E-state index is 0.0904. The van der Waals surface area contributed by atoms with E-state index < -0.39 is 5.54 Å². The number of hydrogen-bond acceptors (Lipinski definition) is 5. The van der Waals surface area contributed by atoms with Gasteiger partial charge in [0.1, 0.15) is 0 Å². The molecule has 0 amide bonds. The molecule has 0 aromatic heterocycles. The predicted molar refractivity (Wildman–Crippen MR) is 63.5 cm³/mol. The molecule has 3 atom stereocenters. The van der Waals surface area contributed by atoms with E-state index in [1.807, 2.05) is 6.92 Å². The number of nitrogens with zero attached hydrogens (tertiary/aromatic N) is 1. The summed E-state index contributed by atoms with van der Waals surface area (Å²) in [6.45, 7) is 8.57. The van der Waals surface area contributed by atoms with Crippen LogP contribution in [0.2, 0.25) is 0 Å². The van der Waals surface area contributed by atoms with E-state index in [0.717, 1.165) is 26.2 Å². The Morgan fingerprint density at radius 3 is 2.27 bits per heavy atom. The minimum atomic E-state index is -0.489. The van der Waals surface area contributed by atoms with Crippen LogP contribution < -0.4 is 22.5 Å². The van der Waals surface area contributed by atoms with Crippen LogP contribution in [0.3, 0.4) is 0 Å². The summed E-state index contributed by atoms with van der Waals surface area (Å²) in [5.41, 5.74) is 17.5. The summed E-state index contributed by atoms with van der Waals surface area (Å²) in [5.74, 6) is 0. The summed E-state index contributed by atoms with van der Waals surface area (Å²) < 4.78 is 0. The average molecular weight is 215 g/mol. The monoisotopic (exact) mass is 215 g/mol. The van der Waals surface area contributed by atoms with Gasteiger partial charge in [-0.3, -0.25) is 4.90 Å². The molecule has 5 heteroatoms. The summed E-state index contributed by atoms with van der Waals surface area (Å²) in [6.07, 6.45) is 0. The van der Waals surface area contributed by atoms with E-state index in [1.165, 1.54) is 0 Å². The zero-order valence-corrected chi connectivity index (χ0v) is 9.87. The normalized spacial score (nSPS) is 27.0. The molecule has 0 bridgehead atoms. The first-order chi connectivity index (χ1) is 7.02. The van der Waals surface area contributed by atoms with Gasteiger partial charge in [-0.05, 0) is 13.8 Å². The van der Waals surface area contributed by atoms with Gasteiger partial charge in [0.2, 0.25) is 0 Å². The largest absolute Gasteiger partial charge is 0.329 e. The van der Waals surface area contributed by atoms with Gasteiger partial charge in [0.05, 0.1) is 5.54 Å². The molecule has 3 unspecified atom stereocenters. The summed E-state index contributed by atoms with van der Waals surface area (Å²) in [7, 11) is 0. The van der Waals surface area contributed by atoms with Crippen LogP contribution >= 0.6 is 0 Å². The highest BCUT2D eigenvalue weighted by Gasteiger charge is 2.37. The van der Waals surface area contributed by atoms with Crippen molar-refractivity contribution in [1.29, 1.82) is 0 Å². The second-order valence-electron chi connectivity index (χ2n) is 4.57. The smallest absolute Gasteiger partial charge is 0.0583 e. The van der Waals surface area contributed by atoms with E-state index in [9.17, 15) is 0 Å². The fraction of sp³-hybridized carbons (Fsp3) is 1.00. The minimum Gasteiger partial charge on any atom is -0.329 e. The molecule has 1 heterocycles. The van der Waals surface area contributed by atoms with Crippen LogP contribution in [0.15, 0.2) is 0 Å². The molecule has 5 nitrogen and oxygen atoms in total. The molecule has 0 aromatic carbocycles. The molecule has 1 aliphatic heterocycles. The molecule has 0 aromatic rings. The summed E-state index contributed by atoms with van der Waals surface area (Å²) >= 11 is 0. The van der Waals surface area contributed by atoms with Gasteiger partial charge in [0, 0.05) is 44.8 Å². The summed E-state index contributed by atoms with van der Waals surface area (Å²) in [6, 6.07) is 0.136. The summed E-state index contributed by atoms with van der Waals surface area (Å²) in [5, 5.41) is 3.32. The Labute approximate surface area is 92.3 Å². The molecular weight excluding hydrogens is 190 g/mol. The molecule has 1 aliphatic rings.